The number of hydrogen-bond acceptors (Lipinski definition) is 4. The third kappa shape index (κ3) is 2.51. The molecule has 1 N–H and O–H groups in total. The number of hydrogen-bond donors (Lipinski definition) is 1. The van der Waals surface area contributed by atoms with E-state index in [9.17, 15) is 4.79 Å². The van der Waals surface area contributed by atoms with Crippen molar-refractivity contribution in [3.63, 3.8) is 0 Å². The molecule has 1 fully saturated rings. The van der Waals surface area contributed by atoms with E-state index in [4.69, 9.17) is 4.74 Å². The van der Waals surface area contributed by atoms with E-state index in [1.807, 2.05) is 25.1 Å². The molecule has 0 amide bonds. The highest BCUT2D eigenvalue weighted by Gasteiger charge is 2.21. The summed E-state index contributed by atoms with van der Waals surface area (Å²) >= 11 is 0. The average Bonchev–Trinajstić information content (AvgIpc) is 3.01. The molecule has 5 heteroatoms. The van der Waals surface area contributed by atoms with Crippen molar-refractivity contribution in [3.05, 3.63) is 40.3 Å². The number of nitrogens with one attached hydrogen (secondary N) is 1. The summed E-state index contributed by atoms with van der Waals surface area (Å²) in [4.78, 5) is 14.6. The third-order valence-electron chi connectivity index (χ3n) is 3.91. The SMILES string of the molecule is COc1ccc(C)cc1-c1c(N2CCCC2)cn[nH]c1=O. The zero-order valence-electron chi connectivity index (χ0n) is 12.3. The molecule has 110 valence electrons. The minimum atomic E-state index is -0.177. The summed E-state index contributed by atoms with van der Waals surface area (Å²) in [7, 11) is 1.62. The first kappa shape index (κ1) is 13.7. The zero-order valence-corrected chi connectivity index (χ0v) is 12.3. The topological polar surface area (TPSA) is 58.2 Å². The second-order valence-electron chi connectivity index (χ2n) is 5.36. The van der Waals surface area contributed by atoms with Crippen LogP contribution in [0.5, 0.6) is 5.75 Å². The maximum absolute atomic E-state index is 12.4. The maximum Gasteiger partial charge on any atom is 0.274 e. The van der Waals surface area contributed by atoms with E-state index in [2.05, 4.69) is 15.1 Å². The Morgan fingerprint density at radius 2 is 2.05 bits per heavy atom. The molecule has 1 aliphatic rings. The van der Waals surface area contributed by atoms with Crippen LogP contribution in [0.25, 0.3) is 11.1 Å². The largest absolute Gasteiger partial charge is 0.496 e. The summed E-state index contributed by atoms with van der Waals surface area (Å²) < 4.78 is 5.44. The van der Waals surface area contributed by atoms with E-state index in [1.54, 1.807) is 13.3 Å². The van der Waals surface area contributed by atoms with E-state index in [-0.39, 0.29) is 5.56 Å². The molecule has 1 saturated heterocycles. The van der Waals surface area contributed by atoms with Gasteiger partial charge >= 0.3 is 0 Å². The van der Waals surface area contributed by atoms with Gasteiger partial charge in [0.1, 0.15) is 5.75 Å². The average molecular weight is 285 g/mol. The highest BCUT2D eigenvalue weighted by atomic mass is 16.5. The van der Waals surface area contributed by atoms with Gasteiger partial charge < -0.3 is 9.64 Å². The molecule has 0 radical (unpaired) electrons. The Balaban J connectivity index is 2.22. The smallest absolute Gasteiger partial charge is 0.274 e. The quantitative estimate of drug-likeness (QED) is 0.940. The van der Waals surface area contributed by atoms with Gasteiger partial charge in [-0.1, -0.05) is 11.6 Å². The first-order chi connectivity index (χ1) is 10.2. The Hall–Kier alpha value is -2.30. The Kier molecular flexibility index (Phi) is 3.64. The Morgan fingerprint density at radius 3 is 2.76 bits per heavy atom. The van der Waals surface area contributed by atoms with Gasteiger partial charge in [0.2, 0.25) is 0 Å². The van der Waals surface area contributed by atoms with Gasteiger partial charge in [-0.05, 0) is 31.9 Å². The number of rotatable bonds is 3. The molecular weight excluding hydrogens is 266 g/mol. The van der Waals surface area contributed by atoms with Gasteiger partial charge in [0.25, 0.3) is 5.56 Å². The molecule has 0 unspecified atom stereocenters. The van der Waals surface area contributed by atoms with Crippen LogP contribution >= 0.6 is 0 Å². The number of nitrogens with zero attached hydrogens (tertiary/aromatic N) is 2. The second-order valence-corrected chi connectivity index (χ2v) is 5.36. The van der Waals surface area contributed by atoms with Crippen molar-refractivity contribution >= 4 is 5.69 Å². The first-order valence-electron chi connectivity index (χ1n) is 7.18. The monoisotopic (exact) mass is 285 g/mol. The van der Waals surface area contributed by atoms with Crippen LogP contribution in [0, 0.1) is 6.92 Å². The molecule has 0 spiro atoms. The predicted molar refractivity (Wildman–Crippen MR) is 83.0 cm³/mol. The summed E-state index contributed by atoms with van der Waals surface area (Å²) in [6.07, 6.45) is 4.04. The van der Waals surface area contributed by atoms with Gasteiger partial charge in [0.15, 0.2) is 0 Å². The lowest BCUT2D eigenvalue weighted by molar-refractivity contribution is 0.416. The van der Waals surface area contributed by atoms with Crippen molar-refractivity contribution in [2.24, 2.45) is 0 Å². The fourth-order valence-electron chi connectivity index (χ4n) is 2.86. The molecule has 2 aromatic rings. The van der Waals surface area contributed by atoms with Gasteiger partial charge in [0, 0.05) is 18.7 Å². The van der Waals surface area contributed by atoms with Crippen LogP contribution in [0.1, 0.15) is 18.4 Å². The van der Waals surface area contributed by atoms with Gasteiger partial charge in [-0.25, -0.2) is 5.10 Å². The summed E-state index contributed by atoms with van der Waals surface area (Å²) in [6, 6.07) is 5.87. The Bertz CT molecular complexity index is 703. The number of H-pyrrole nitrogens is 1. The second kappa shape index (κ2) is 5.60. The summed E-state index contributed by atoms with van der Waals surface area (Å²) in [5.41, 5.74) is 3.27. The fraction of sp³-hybridized carbons (Fsp3) is 0.375. The first-order valence-corrected chi connectivity index (χ1v) is 7.18. The molecule has 0 aliphatic carbocycles. The summed E-state index contributed by atoms with van der Waals surface area (Å²) in [5, 5.41) is 6.52. The highest BCUT2D eigenvalue weighted by Crippen LogP contribution is 2.35. The van der Waals surface area contributed by atoms with Crippen molar-refractivity contribution < 1.29 is 4.74 Å². The van der Waals surface area contributed by atoms with E-state index in [0.29, 0.717) is 11.3 Å². The summed E-state index contributed by atoms with van der Waals surface area (Å²) in [5.74, 6) is 0.706. The van der Waals surface area contributed by atoms with Crippen molar-refractivity contribution in [1.29, 1.82) is 0 Å². The standard InChI is InChI=1S/C16H19N3O2/c1-11-5-6-14(21-2)12(9-11)15-13(10-17-18-16(15)20)19-7-3-4-8-19/h5-6,9-10H,3-4,7-8H2,1-2H3,(H,18,20). The minimum Gasteiger partial charge on any atom is -0.496 e. The zero-order chi connectivity index (χ0) is 14.8. The molecule has 3 rings (SSSR count). The van der Waals surface area contributed by atoms with Gasteiger partial charge in [-0.15, -0.1) is 0 Å². The fourth-order valence-corrected chi connectivity index (χ4v) is 2.86. The van der Waals surface area contributed by atoms with Crippen LogP contribution in [0.3, 0.4) is 0 Å². The molecule has 0 atom stereocenters. The van der Waals surface area contributed by atoms with Crippen LogP contribution in [-0.4, -0.2) is 30.4 Å². The van der Waals surface area contributed by atoms with Crippen molar-refractivity contribution in [3.8, 4) is 16.9 Å². The number of benzene rings is 1. The van der Waals surface area contributed by atoms with Crippen molar-refractivity contribution in [2.75, 3.05) is 25.1 Å². The minimum absolute atomic E-state index is 0.177. The molecule has 0 bridgehead atoms. The lowest BCUT2D eigenvalue weighted by Crippen LogP contribution is -2.23. The van der Waals surface area contributed by atoms with E-state index in [1.165, 1.54) is 0 Å². The van der Waals surface area contributed by atoms with Gasteiger partial charge in [-0.3, -0.25) is 4.79 Å². The Morgan fingerprint density at radius 1 is 1.29 bits per heavy atom. The molecular formula is C16H19N3O2. The van der Waals surface area contributed by atoms with Crippen molar-refractivity contribution in [1.82, 2.24) is 10.2 Å². The molecule has 0 saturated carbocycles. The van der Waals surface area contributed by atoms with Crippen LogP contribution in [-0.2, 0) is 0 Å². The predicted octanol–water partition coefficient (Wildman–Crippen LogP) is 2.35. The third-order valence-corrected chi connectivity index (χ3v) is 3.91. The molecule has 2 heterocycles. The van der Waals surface area contributed by atoms with Crippen LogP contribution in [0.15, 0.2) is 29.2 Å². The maximum atomic E-state index is 12.4. The normalized spacial score (nSPS) is 14.5. The molecule has 1 aromatic carbocycles. The van der Waals surface area contributed by atoms with Gasteiger partial charge in [0.05, 0.1) is 24.6 Å². The number of aromatic amines is 1. The van der Waals surface area contributed by atoms with Crippen LogP contribution in [0.4, 0.5) is 5.69 Å². The van der Waals surface area contributed by atoms with Crippen molar-refractivity contribution in [2.45, 2.75) is 19.8 Å². The lowest BCUT2D eigenvalue weighted by atomic mass is 10.0. The number of anilines is 1. The van der Waals surface area contributed by atoms with Crippen LogP contribution in [0.2, 0.25) is 0 Å². The summed E-state index contributed by atoms with van der Waals surface area (Å²) in [6.45, 7) is 3.94. The molecule has 1 aromatic heterocycles. The van der Waals surface area contributed by atoms with E-state index in [0.717, 1.165) is 42.7 Å². The van der Waals surface area contributed by atoms with Gasteiger partial charge in [-0.2, -0.15) is 5.10 Å². The van der Waals surface area contributed by atoms with E-state index >= 15 is 0 Å². The number of ether oxygens (including phenoxy) is 1. The van der Waals surface area contributed by atoms with Crippen LogP contribution < -0.4 is 15.2 Å². The molecule has 21 heavy (non-hydrogen) atoms. The number of aryl methyl sites for hydroxylation is 1. The van der Waals surface area contributed by atoms with E-state index < -0.39 is 0 Å². The Labute approximate surface area is 123 Å². The lowest BCUT2D eigenvalue weighted by Gasteiger charge is -2.21. The highest BCUT2D eigenvalue weighted by molar-refractivity contribution is 5.81. The number of aromatic nitrogens is 2. The molecule has 1 aliphatic heterocycles. The number of methoxy groups -OCH3 is 1. The molecule has 5 nitrogen and oxygen atoms in total.